The summed E-state index contributed by atoms with van der Waals surface area (Å²) < 4.78 is 2.11. The molecule has 0 bridgehead atoms. The number of hydrogen-bond acceptors (Lipinski definition) is 2. The molecule has 0 fully saturated rings. The smallest absolute Gasteiger partial charge is 0.279 e. The van der Waals surface area contributed by atoms with Gasteiger partial charge in [0, 0.05) is 11.6 Å². The number of rotatable bonds is 3. The van der Waals surface area contributed by atoms with Crippen LogP contribution in [0.3, 0.4) is 0 Å². The molecule has 1 aliphatic heterocycles. The number of aromatic nitrogens is 1. The molecule has 0 radical (unpaired) electrons. The number of benzene rings is 2. The molecule has 3 aromatic rings. The van der Waals surface area contributed by atoms with Crippen molar-refractivity contribution < 1.29 is 26.7 Å². The fourth-order valence-corrected chi connectivity index (χ4v) is 3.29. The van der Waals surface area contributed by atoms with Crippen LogP contribution in [-0.2, 0) is 18.8 Å². The van der Waals surface area contributed by atoms with Crippen molar-refractivity contribution in [3.63, 3.8) is 0 Å². The van der Waals surface area contributed by atoms with Crippen LogP contribution in [0, 0.1) is 0 Å². The van der Waals surface area contributed by atoms with Gasteiger partial charge in [-0.2, -0.15) is 0 Å². The Labute approximate surface area is 152 Å². The first kappa shape index (κ1) is 16.7. The maximum Gasteiger partial charge on any atom is 0.279 e. The number of aliphatic hydroxyl groups is 1. The lowest BCUT2D eigenvalue weighted by atomic mass is 10.0. The highest BCUT2D eigenvalue weighted by Gasteiger charge is 2.51. The Balaban J connectivity index is 0.00000169. The first-order valence-electron chi connectivity index (χ1n) is 7.85. The lowest BCUT2D eigenvalue weighted by Crippen LogP contribution is -3.00. The van der Waals surface area contributed by atoms with Crippen LogP contribution in [0.1, 0.15) is 11.1 Å². The van der Waals surface area contributed by atoms with Gasteiger partial charge in [0.1, 0.15) is 6.54 Å². The van der Waals surface area contributed by atoms with E-state index in [-0.39, 0.29) is 17.0 Å². The molecule has 1 aliphatic rings. The predicted molar refractivity (Wildman–Crippen MR) is 89.6 cm³/mol. The van der Waals surface area contributed by atoms with E-state index in [0.717, 1.165) is 11.4 Å². The predicted octanol–water partition coefficient (Wildman–Crippen LogP) is -0.156. The maximum atomic E-state index is 11.5. The molecule has 122 valence electrons. The molecule has 1 atom stereocenters. The van der Waals surface area contributed by atoms with Gasteiger partial charge in [0.15, 0.2) is 6.54 Å². The van der Waals surface area contributed by atoms with E-state index in [0.29, 0.717) is 13.1 Å². The van der Waals surface area contributed by atoms with E-state index in [1.165, 1.54) is 5.56 Å². The second-order valence-electron chi connectivity index (χ2n) is 5.94. The van der Waals surface area contributed by atoms with E-state index in [4.69, 9.17) is 0 Å². The zero-order valence-electron chi connectivity index (χ0n) is 13.2. The van der Waals surface area contributed by atoms with Crippen molar-refractivity contribution in [3.05, 3.63) is 96.2 Å². The molecule has 0 aliphatic carbocycles. The summed E-state index contributed by atoms with van der Waals surface area (Å²) in [5.41, 5.74) is 1.06. The Bertz CT molecular complexity index is 810. The summed E-state index contributed by atoms with van der Waals surface area (Å²) >= 11 is 0. The Hall–Kier alpha value is -2.17. The normalized spacial score (nSPS) is 18.8. The second-order valence-corrected chi connectivity index (χ2v) is 5.94. The Morgan fingerprint density at radius 1 is 0.875 bits per heavy atom. The molecule has 0 spiro atoms. The summed E-state index contributed by atoms with van der Waals surface area (Å²) in [6.07, 6.45) is 2.02. The molecule has 1 unspecified atom stereocenters. The molecule has 4 heteroatoms. The van der Waals surface area contributed by atoms with E-state index in [2.05, 4.69) is 27.7 Å². The van der Waals surface area contributed by atoms with Gasteiger partial charge in [-0.3, -0.25) is 0 Å². The topological polar surface area (TPSA) is 27.4 Å². The number of hydrogen-bond donors (Lipinski definition) is 1. The summed E-state index contributed by atoms with van der Waals surface area (Å²) in [5.74, 6) is 1.03. The average molecular weight is 383 g/mol. The fraction of sp³-hybridized carbons (Fsp3) is 0.150. The number of anilines is 1. The maximum absolute atomic E-state index is 11.5. The summed E-state index contributed by atoms with van der Waals surface area (Å²) in [6.45, 7) is 1.19. The first-order valence-corrected chi connectivity index (χ1v) is 7.85. The molecular weight excluding hydrogens is 364 g/mol. The second kappa shape index (κ2) is 6.75. The van der Waals surface area contributed by atoms with Gasteiger partial charge >= 0.3 is 0 Å². The molecule has 1 N–H and O–H groups in total. The number of halogens is 1. The standard InChI is InChI=1S/C20H19N2O.BrH/c23-20(18-11-5-2-6-12-18)16-21-14-8-7-13-19(21)22(20)15-17-9-3-1-4-10-17;/h1-14,23H,15-16H2;1H/q+1;/p-1. The van der Waals surface area contributed by atoms with Crippen LogP contribution in [0.4, 0.5) is 5.82 Å². The van der Waals surface area contributed by atoms with Crippen molar-refractivity contribution in [2.75, 3.05) is 4.90 Å². The zero-order valence-corrected chi connectivity index (χ0v) is 14.8. The van der Waals surface area contributed by atoms with Crippen LogP contribution < -0.4 is 26.4 Å². The van der Waals surface area contributed by atoms with E-state index < -0.39 is 5.72 Å². The summed E-state index contributed by atoms with van der Waals surface area (Å²) in [5, 5.41) is 11.5. The molecule has 0 amide bonds. The molecular formula is C20H19BrN2O. The third kappa shape index (κ3) is 2.83. The van der Waals surface area contributed by atoms with E-state index in [1.807, 2.05) is 66.9 Å². The van der Waals surface area contributed by atoms with Crippen molar-refractivity contribution >= 4 is 5.82 Å². The van der Waals surface area contributed by atoms with E-state index >= 15 is 0 Å². The van der Waals surface area contributed by atoms with Crippen LogP contribution in [-0.4, -0.2) is 5.11 Å². The third-order valence-electron chi connectivity index (χ3n) is 4.45. The van der Waals surface area contributed by atoms with Crippen LogP contribution in [0.15, 0.2) is 85.1 Å². The quantitative estimate of drug-likeness (QED) is 0.637. The van der Waals surface area contributed by atoms with Crippen molar-refractivity contribution in [1.29, 1.82) is 0 Å². The average Bonchev–Trinajstić information content (AvgIpc) is 2.90. The number of nitrogens with zero attached hydrogens (tertiary/aromatic N) is 2. The van der Waals surface area contributed by atoms with Gasteiger partial charge < -0.3 is 22.1 Å². The van der Waals surface area contributed by atoms with Crippen LogP contribution >= 0.6 is 0 Å². The van der Waals surface area contributed by atoms with Crippen molar-refractivity contribution in [2.45, 2.75) is 18.8 Å². The highest BCUT2D eigenvalue weighted by Crippen LogP contribution is 2.35. The van der Waals surface area contributed by atoms with Gasteiger partial charge in [0.25, 0.3) is 11.5 Å². The van der Waals surface area contributed by atoms with Gasteiger partial charge in [-0.05, 0) is 11.6 Å². The molecule has 2 aromatic carbocycles. The Morgan fingerprint density at radius 3 is 2.21 bits per heavy atom. The van der Waals surface area contributed by atoms with E-state index in [9.17, 15) is 5.11 Å². The lowest BCUT2D eigenvalue weighted by Gasteiger charge is -2.27. The molecule has 3 nitrogen and oxygen atoms in total. The minimum atomic E-state index is -1.04. The molecule has 0 saturated carbocycles. The molecule has 1 aromatic heterocycles. The Kier molecular flexibility index (Phi) is 4.69. The summed E-state index contributed by atoms with van der Waals surface area (Å²) in [7, 11) is 0. The SMILES string of the molecule is OC1(c2ccccc2)C[n+]2ccccc2N1Cc1ccccc1.[Br-]. The molecule has 4 rings (SSSR count). The highest BCUT2D eigenvalue weighted by molar-refractivity contribution is 5.44. The van der Waals surface area contributed by atoms with Crippen LogP contribution in [0.2, 0.25) is 0 Å². The van der Waals surface area contributed by atoms with Crippen LogP contribution in [0.25, 0.3) is 0 Å². The number of pyridine rings is 1. The molecule has 2 heterocycles. The lowest BCUT2D eigenvalue weighted by molar-refractivity contribution is -0.683. The van der Waals surface area contributed by atoms with Gasteiger partial charge in [0.2, 0.25) is 0 Å². The van der Waals surface area contributed by atoms with Crippen molar-refractivity contribution in [3.8, 4) is 0 Å². The monoisotopic (exact) mass is 382 g/mol. The van der Waals surface area contributed by atoms with Crippen LogP contribution in [0.5, 0.6) is 0 Å². The van der Waals surface area contributed by atoms with Gasteiger partial charge in [-0.1, -0.05) is 66.7 Å². The summed E-state index contributed by atoms with van der Waals surface area (Å²) in [4.78, 5) is 2.08. The largest absolute Gasteiger partial charge is 1.00 e. The Morgan fingerprint density at radius 2 is 1.50 bits per heavy atom. The minimum absolute atomic E-state index is 0. The van der Waals surface area contributed by atoms with Crippen molar-refractivity contribution in [1.82, 2.24) is 0 Å². The molecule has 24 heavy (non-hydrogen) atoms. The van der Waals surface area contributed by atoms with Gasteiger partial charge in [0.05, 0.1) is 6.20 Å². The van der Waals surface area contributed by atoms with Crippen molar-refractivity contribution in [2.24, 2.45) is 0 Å². The first-order chi connectivity index (χ1) is 11.3. The van der Waals surface area contributed by atoms with Gasteiger partial charge in [-0.15, -0.1) is 0 Å². The summed E-state index contributed by atoms with van der Waals surface area (Å²) in [6, 6.07) is 26.2. The number of fused-ring (bicyclic) bond motifs is 1. The minimum Gasteiger partial charge on any atom is -1.00 e. The fourth-order valence-electron chi connectivity index (χ4n) is 3.29. The third-order valence-corrected chi connectivity index (χ3v) is 4.45. The highest BCUT2D eigenvalue weighted by atomic mass is 79.9. The van der Waals surface area contributed by atoms with E-state index in [1.54, 1.807) is 0 Å². The van der Waals surface area contributed by atoms with Gasteiger partial charge in [-0.25, -0.2) is 9.47 Å². The zero-order chi connectivity index (χ0) is 15.7. The molecule has 0 saturated heterocycles.